The molecule has 0 fully saturated rings. The van der Waals surface area contributed by atoms with Gasteiger partial charge in [0.05, 0.1) is 31.3 Å². The van der Waals surface area contributed by atoms with Crippen molar-refractivity contribution in [1.29, 1.82) is 0 Å². The Morgan fingerprint density at radius 3 is 2.31 bits per heavy atom. The summed E-state index contributed by atoms with van der Waals surface area (Å²) >= 11 is 5.34. The summed E-state index contributed by atoms with van der Waals surface area (Å²) in [7, 11) is -1.55. The van der Waals surface area contributed by atoms with Crippen molar-refractivity contribution >= 4 is 21.4 Å². The Hall–Kier alpha value is 0.160. The van der Waals surface area contributed by atoms with Gasteiger partial charge < -0.3 is 9.47 Å². The molecule has 13 heavy (non-hydrogen) atoms. The van der Waals surface area contributed by atoms with Gasteiger partial charge >= 0.3 is 0 Å². The first-order chi connectivity index (χ1) is 6.12. The quantitative estimate of drug-likeness (QED) is 0.445. The van der Waals surface area contributed by atoms with Crippen molar-refractivity contribution in [2.45, 2.75) is 0 Å². The van der Waals surface area contributed by atoms with E-state index in [9.17, 15) is 8.42 Å². The summed E-state index contributed by atoms with van der Waals surface area (Å²) in [4.78, 5) is 0. The molecule has 0 aromatic rings. The molecule has 0 atom stereocenters. The van der Waals surface area contributed by atoms with Crippen LogP contribution in [0, 0.1) is 0 Å². The maximum atomic E-state index is 11.2. The summed E-state index contributed by atoms with van der Waals surface area (Å²) in [5.41, 5.74) is 0. The van der Waals surface area contributed by atoms with Crippen molar-refractivity contribution in [3.8, 4) is 0 Å². The van der Waals surface area contributed by atoms with E-state index in [1.165, 1.54) is 7.11 Å². The van der Waals surface area contributed by atoms with Gasteiger partial charge in [-0.2, -0.15) is 0 Å². The average molecular weight is 231 g/mol. The minimum atomic E-state index is -3.02. The van der Waals surface area contributed by atoms with Crippen LogP contribution in [0.5, 0.6) is 0 Å². The van der Waals surface area contributed by atoms with E-state index in [1.54, 1.807) is 0 Å². The molecule has 0 aromatic carbocycles. The molecule has 0 aromatic heterocycles. The molecule has 4 nitrogen and oxygen atoms in total. The fourth-order valence-electron chi connectivity index (χ4n) is 0.655. The van der Waals surface area contributed by atoms with Crippen molar-refractivity contribution in [1.82, 2.24) is 0 Å². The van der Waals surface area contributed by atoms with Crippen LogP contribution in [-0.4, -0.2) is 52.7 Å². The molecule has 0 radical (unpaired) electrons. The second kappa shape index (κ2) is 7.55. The summed E-state index contributed by atoms with van der Waals surface area (Å²) in [6, 6.07) is 0. The van der Waals surface area contributed by atoms with E-state index in [1.807, 2.05) is 0 Å². The van der Waals surface area contributed by atoms with Gasteiger partial charge in [0.1, 0.15) is 0 Å². The SMILES string of the molecule is COCCS(=O)(=O)CCOCCCl. The van der Waals surface area contributed by atoms with Gasteiger partial charge in [-0.15, -0.1) is 11.6 Å². The summed E-state index contributed by atoms with van der Waals surface area (Å²) in [6.45, 7) is 0.831. The lowest BCUT2D eigenvalue weighted by Gasteiger charge is -2.03. The third-order valence-electron chi connectivity index (χ3n) is 1.36. The molecule has 0 spiro atoms. The van der Waals surface area contributed by atoms with Gasteiger partial charge in [0.25, 0.3) is 0 Å². The molecule has 0 heterocycles. The molecular formula is C7H15ClO4S. The van der Waals surface area contributed by atoms with E-state index in [-0.39, 0.29) is 24.7 Å². The van der Waals surface area contributed by atoms with E-state index >= 15 is 0 Å². The first-order valence-electron chi connectivity index (χ1n) is 3.95. The third kappa shape index (κ3) is 8.49. The number of hydrogen-bond donors (Lipinski definition) is 0. The van der Waals surface area contributed by atoms with Crippen molar-refractivity contribution in [3.05, 3.63) is 0 Å². The highest BCUT2D eigenvalue weighted by Gasteiger charge is 2.09. The summed E-state index contributed by atoms with van der Waals surface area (Å²) in [6.07, 6.45) is 0. The predicted molar refractivity (Wildman–Crippen MR) is 52.1 cm³/mol. The minimum Gasteiger partial charge on any atom is -0.384 e. The number of rotatable bonds is 8. The first-order valence-corrected chi connectivity index (χ1v) is 6.31. The number of sulfone groups is 1. The first kappa shape index (κ1) is 13.2. The molecule has 0 N–H and O–H groups in total. The van der Waals surface area contributed by atoms with Gasteiger partial charge in [-0.05, 0) is 0 Å². The van der Waals surface area contributed by atoms with Crippen LogP contribution in [0.2, 0.25) is 0 Å². The Labute approximate surface area is 84.1 Å². The van der Waals surface area contributed by atoms with Crippen LogP contribution in [-0.2, 0) is 19.3 Å². The van der Waals surface area contributed by atoms with Crippen LogP contribution >= 0.6 is 11.6 Å². The lowest BCUT2D eigenvalue weighted by Crippen LogP contribution is -2.18. The molecule has 80 valence electrons. The normalized spacial score (nSPS) is 11.8. The van der Waals surface area contributed by atoms with E-state index in [0.29, 0.717) is 12.5 Å². The molecule has 0 saturated heterocycles. The molecule has 0 aliphatic carbocycles. The van der Waals surface area contributed by atoms with Crippen LogP contribution in [0.25, 0.3) is 0 Å². The molecule has 0 amide bonds. The zero-order valence-corrected chi connectivity index (χ0v) is 9.23. The number of halogens is 1. The summed E-state index contributed by atoms with van der Waals surface area (Å²) in [5, 5.41) is 0. The van der Waals surface area contributed by atoms with Gasteiger partial charge in [-0.3, -0.25) is 0 Å². The zero-order valence-electron chi connectivity index (χ0n) is 7.66. The number of hydrogen-bond acceptors (Lipinski definition) is 4. The second-order valence-corrected chi connectivity index (χ2v) is 5.13. The maximum Gasteiger partial charge on any atom is 0.154 e. The van der Waals surface area contributed by atoms with Crippen LogP contribution in [0.15, 0.2) is 0 Å². The van der Waals surface area contributed by atoms with Crippen LogP contribution < -0.4 is 0 Å². The smallest absolute Gasteiger partial charge is 0.154 e. The van der Waals surface area contributed by atoms with Crippen LogP contribution in [0.4, 0.5) is 0 Å². The minimum absolute atomic E-state index is 0.0350. The third-order valence-corrected chi connectivity index (χ3v) is 3.09. The fraction of sp³-hybridized carbons (Fsp3) is 1.00. The van der Waals surface area contributed by atoms with E-state index < -0.39 is 9.84 Å². The largest absolute Gasteiger partial charge is 0.384 e. The van der Waals surface area contributed by atoms with Crippen molar-refractivity contribution in [3.63, 3.8) is 0 Å². The lowest BCUT2D eigenvalue weighted by molar-refractivity contribution is 0.165. The fourth-order valence-corrected chi connectivity index (χ4v) is 1.76. The van der Waals surface area contributed by atoms with Gasteiger partial charge in [0.2, 0.25) is 0 Å². The van der Waals surface area contributed by atoms with Crippen molar-refractivity contribution < 1.29 is 17.9 Å². The second-order valence-electron chi connectivity index (χ2n) is 2.45. The van der Waals surface area contributed by atoms with Crippen molar-refractivity contribution in [2.24, 2.45) is 0 Å². The highest BCUT2D eigenvalue weighted by molar-refractivity contribution is 7.91. The van der Waals surface area contributed by atoms with E-state index in [4.69, 9.17) is 16.3 Å². The molecule has 6 heteroatoms. The molecular weight excluding hydrogens is 216 g/mol. The number of alkyl halides is 1. The Morgan fingerprint density at radius 1 is 1.15 bits per heavy atom. The Bertz CT molecular complexity index is 203. The molecule has 0 aliphatic rings. The standard InChI is InChI=1S/C7H15ClO4S/c1-11-4-6-13(9,10)7-5-12-3-2-8/h2-7H2,1H3. The molecule has 0 rings (SSSR count). The molecule has 0 saturated carbocycles. The average Bonchev–Trinajstić information content (AvgIpc) is 2.09. The lowest BCUT2D eigenvalue weighted by atomic mass is 10.8. The highest BCUT2D eigenvalue weighted by Crippen LogP contribution is 1.91. The van der Waals surface area contributed by atoms with E-state index in [2.05, 4.69) is 4.74 Å². The zero-order chi connectivity index (χ0) is 10.2. The highest BCUT2D eigenvalue weighted by atomic mass is 35.5. The summed E-state index contributed by atoms with van der Waals surface area (Å²) in [5.74, 6) is 0.471. The molecule has 0 unspecified atom stereocenters. The Morgan fingerprint density at radius 2 is 1.77 bits per heavy atom. The number of methoxy groups -OCH3 is 1. The predicted octanol–water partition coefficient (Wildman–Crippen LogP) is 0.303. The van der Waals surface area contributed by atoms with Gasteiger partial charge in [-0.1, -0.05) is 0 Å². The summed E-state index contributed by atoms with van der Waals surface area (Å²) < 4.78 is 31.9. The van der Waals surface area contributed by atoms with Crippen LogP contribution in [0.1, 0.15) is 0 Å². The topological polar surface area (TPSA) is 52.6 Å². The Balaban J connectivity index is 3.52. The Kier molecular flexibility index (Phi) is 7.65. The molecule has 0 bridgehead atoms. The molecule has 0 aliphatic heterocycles. The van der Waals surface area contributed by atoms with Gasteiger partial charge in [0.15, 0.2) is 9.84 Å². The van der Waals surface area contributed by atoms with Gasteiger partial charge in [-0.25, -0.2) is 8.42 Å². The van der Waals surface area contributed by atoms with Crippen LogP contribution in [0.3, 0.4) is 0 Å². The van der Waals surface area contributed by atoms with E-state index in [0.717, 1.165) is 0 Å². The van der Waals surface area contributed by atoms with Crippen molar-refractivity contribution in [2.75, 3.05) is 44.3 Å². The van der Waals surface area contributed by atoms with Gasteiger partial charge in [0, 0.05) is 13.0 Å². The maximum absolute atomic E-state index is 11.2. The number of ether oxygens (including phenoxy) is 2. The monoisotopic (exact) mass is 230 g/mol.